The van der Waals surface area contributed by atoms with E-state index >= 15 is 0 Å². The van der Waals surface area contributed by atoms with Crippen molar-refractivity contribution >= 4 is 11.7 Å². The van der Waals surface area contributed by atoms with Crippen molar-refractivity contribution < 1.29 is 24.6 Å². The van der Waals surface area contributed by atoms with Gasteiger partial charge in [-0.2, -0.15) is 0 Å². The Morgan fingerprint density at radius 2 is 1.77 bits per heavy atom. The molecule has 0 aromatic heterocycles. The number of Topliss-reactive ketones (excluding diaryl/α,β-unsaturated/α-hetero) is 1. The molecule has 6 nitrogen and oxygen atoms in total. The molecular weight excluding hydrogens is 178 g/mol. The number of likely N-dealkylation sites (N-methyl/N-ethyl adjacent to an activating group) is 1. The summed E-state index contributed by atoms with van der Waals surface area (Å²) in [7, 11) is 2.49. The largest absolute Gasteiger partial charge is 0.382 e. The second kappa shape index (κ2) is 4.90. The Hall–Kier alpha value is -0.980. The summed E-state index contributed by atoms with van der Waals surface area (Å²) in [6.07, 6.45) is -3.48. The van der Waals surface area contributed by atoms with Crippen LogP contribution in [-0.4, -0.2) is 53.3 Å². The number of carbonyl (C=O) groups is 2. The highest BCUT2D eigenvalue weighted by Crippen LogP contribution is 1.99. The van der Waals surface area contributed by atoms with Crippen LogP contribution >= 0.6 is 0 Å². The zero-order valence-electron chi connectivity index (χ0n) is 7.72. The number of hydrogen-bond acceptors (Lipinski definition) is 5. The molecule has 0 aromatic carbocycles. The van der Waals surface area contributed by atoms with E-state index in [4.69, 9.17) is 10.2 Å². The Labute approximate surface area is 75.7 Å². The monoisotopic (exact) mass is 191 g/mol. The lowest BCUT2D eigenvalue weighted by molar-refractivity contribution is -0.183. The van der Waals surface area contributed by atoms with Crippen molar-refractivity contribution in [2.45, 2.75) is 19.1 Å². The topological polar surface area (TPSA) is 87.1 Å². The molecule has 2 N–H and O–H groups in total. The van der Waals surface area contributed by atoms with Gasteiger partial charge in [0.1, 0.15) is 6.10 Å². The van der Waals surface area contributed by atoms with Gasteiger partial charge in [-0.3, -0.25) is 14.4 Å². The second-order valence-corrected chi connectivity index (χ2v) is 2.52. The minimum absolute atomic E-state index is 0.676. The number of carbonyl (C=O) groups excluding carboxylic acids is 2. The average molecular weight is 191 g/mol. The highest BCUT2D eigenvalue weighted by atomic mass is 16.7. The van der Waals surface area contributed by atoms with Crippen LogP contribution in [0.3, 0.4) is 0 Å². The van der Waals surface area contributed by atoms with E-state index < -0.39 is 23.9 Å². The lowest BCUT2D eigenvalue weighted by Gasteiger charge is -2.19. The van der Waals surface area contributed by atoms with Crippen molar-refractivity contribution in [1.82, 2.24) is 5.06 Å². The van der Waals surface area contributed by atoms with Gasteiger partial charge < -0.3 is 10.2 Å². The minimum Gasteiger partial charge on any atom is -0.382 e. The molecule has 0 rings (SSSR count). The number of rotatable bonds is 4. The van der Waals surface area contributed by atoms with Crippen LogP contribution in [0, 0.1) is 0 Å². The molecule has 13 heavy (non-hydrogen) atoms. The van der Waals surface area contributed by atoms with Crippen LogP contribution in [-0.2, 0) is 14.4 Å². The molecule has 0 aromatic rings. The van der Waals surface area contributed by atoms with Gasteiger partial charge in [0.2, 0.25) is 0 Å². The van der Waals surface area contributed by atoms with Crippen molar-refractivity contribution in [3.05, 3.63) is 0 Å². The molecule has 0 spiro atoms. The molecule has 0 bridgehead atoms. The highest BCUT2D eigenvalue weighted by Gasteiger charge is 2.30. The van der Waals surface area contributed by atoms with Gasteiger partial charge in [0.25, 0.3) is 5.91 Å². The number of aliphatic hydroxyl groups excluding tert-OH is 2. The maximum atomic E-state index is 11.1. The second-order valence-electron chi connectivity index (χ2n) is 2.52. The van der Waals surface area contributed by atoms with Crippen LogP contribution in [0.1, 0.15) is 6.92 Å². The third-order valence-electron chi connectivity index (χ3n) is 1.55. The maximum absolute atomic E-state index is 11.1. The van der Waals surface area contributed by atoms with Crippen LogP contribution < -0.4 is 0 Å². The van der Waals surface area contributed by atoms with Crippen LogP contribution in [0.25, 0.3) is 0 Å². The molecular formula is C7H13NO5. The van der Waals surface area contributed by atoms with Gasteiger partial charge in [-0.15, -0.1) is 0 Å². The summed E-state index contributed by atoms with van der Waals surface area (Å²) >= 11 is 0. The average Bonchev–Trinajstić information content (AvgIpc) is 2.12. The smallest absolute Gasteiger partial charge is 0.277 e. The molecule has 0 saturated heterocycles. The fraction of sp³-hybridized carbons (Fsp3) is 0.714. The molecule has 2 atom stereocenters. The Morgan fingerprint density at radius 3 is 2.08 bits per heavy atom. The molecule has 0 heterocycles. The van der Waals surface area contributed by atoms with Crippen molar-refractivity contribution in [2.24, 2.45) is 0 Å². The van der Waals surface area contributed by atoms with E-state index in [-0.39, 0.29) is 0 Å². The van der Waals surface area contributed by atoms with Crippen molar-refractivity contribution in [3.8, 4) is 0 Å². The summed E-state index contributed by atoms with van der Waals surface area (Å²) in [5.41, 5.74) is 0. The molecule has 0 aliphatic carbocycles. The highest BCUT2D eigenvalue weighted by molar-refractivity contribution is 5.90. The first-order valence-corrected chi connectivity index (χ1v) is 3.60. The van der Waals surface area contributed by atoms with Gasteiger partial charge >= 0.3 is 0 Å². The summed E-state index contributed by atoms with van der Waals surface area (Å²) in [5, 5.41) is 18.9. The van der Waals surface area contributed by atoms with E-state index in [0.717, 1.165) is 12.0 Å². The van der Waals surface area contributed by atoms with Gasteiger partial charge in [-0.05, 0) is 6.92 Å². The number of hydrogen-bond donors (Lipinski definition) is 2. The summed E-state index contributed by atoms with van der Waals surface area (Å²) in [6, 6.07) is 0. The fourth-order valence-electron chi connectivity index (χ4n) is 0.634. The molecule has 76 valence electrons. The maximum Gasteiger partial charge on any atom is 0.277 e. The zero-order valence-corrected chi connectivity index (χ0v) is 7.72. The molecule has 0 fully saturated rings. The van der Waals surface area contributed by atoms with E-state index in [1.54, 1.807) is 0 Å². The molecule has 1 amide bonds. The summed E-state index contributed by atoms with van der Waals surface area (Å²) < 4.78 is 0. The van der Waals surface area contributed by atoms with E-state index in [2.05, 4.69) is 4.84 Å². The van der Waals surface area contributed by atoms with Crippen molar-refractivity contribution in [2.75, 3.05) is 14.2 Å². The summed E-state index contributed by atoms with van der Waals surface area (Å²) in [5.74, 6) is -1.55. The fourth-order valence-corrected chi connectivity index (χ4v) is 0.634. The molecule has 0 aliphatic rings. The number of ketones is 1. The van der Waals surface area contributed by atoms with Gasteiger partial charge in [0.05, 0.1) is 7.11 Å². The van der Waals surface area contributed by atoms with Crippen LogP contribution in [0.2, 0.25) is 0 Å². The van der Waals surface area contributed by atoms with Crippen LogP contribution in [0.15, 0.2) is 0 Å². The Kier molecular flexibility index (Phi) is 4.53. The zero-order chi connectivity index (χ0) is 10.6. The Morgan fingerprint density at radius 1 is 1.31 bits per heavy atom. The van der Waals surface area contributed by atoms with E-state index in [0.29, 0.717) is 0 Å². The molecule has 0 unspecified atom stereocenters. The first kappa shape index (κ1) is 12.0. The number of amides is 1. The Bertz CT molecular complexity index is 205. The minimum atomic E-state index is -1.78. The van der Waals surface area contributed by atoms with E-state index in [1.165, 1.54) is 14.2 Å². The van der Waals surface area contributed by atoms with Gasteiger partial charge in [-0.1, -0.05) is 0 Å². The van der Waals surface area contributed by atoms with Gasteiger partial charge in [0, 0.05) is 7.05 Å². The number of nitrogens with zero attached hydrogens (tertiary/aromatic N) is 1. The standard InChI is InChI=1S/C7H13NO5/c1-4(9)5(10)6(11)7(12)8(2)13-3/h5-6,10-11H,1-3H3/t5-,6+/m0/s1. The quantitative estimate of drug-likeness (QED) is 0.518. The van der Waals surface area contributed by atoms with Crippen molar-refractivity contribution in [1.29, 1.82) is 0 Å². The predicted octanol–water partition coefficient (Wildman–Crippen LogP) is -1.68. The lowest BCUT2D eigenvalue weighted by Crippen LogP contribution is -2.45. The number of aliphatic hydroxyl groups is 2. The normalized spacial score (nSPS) is 14.8. The van der Waals surface area contributed by atoms with E-state index in [1.807, 2.05) is 0 Å². The molecule has 0 saturated carbocycles. The third kappa shape index (κ3) is 3.10. The first-order chi connectivity index (χ1) is 5.91. The first-order valence-electron chi connectivity index (χ1n) is 3.60. The number of hydroxylamine groups is 2. The summed E-state index contributed by atoms with van der Waals surface area (Å²) in [6.45, 7) is 1.08. The van der Waals surface area contributed by atoms with Crippen molar-refractivity contribution in [3.63, 3.8) is 0 Å². The predicted molar refractivity (Wildman–Crippen MR) is 42.5 cm³/mol. The SMILES string of the molecule is CON(C)C(=O)[C@H](O)[C@@H](O)C(C)=O. The lowest BCUT2D eigenvalue weighted by atomic mass is 10.1. The van der Waals surface area contributed by atoms with Gasteiger partial charge in [0.15, 0.2) is 11.9 Å². The van der Waals surface area contributed by atoms with Crippen LogP contribution in [0.5, 0.6) is 0 Å². The molecule has 0 radical (unpaired) electrons. The third-order valence-corrected chi connectivity index (χ3v) is 1.55. The van der Waals surface area contributed by atoms with E-state index in [9.17, 15) is 9.59 Å². The molecule has 0 aliphatic heterocycles. The summed E-state index contributed by atoms with van der Waals surface area (Å²) in [4.78, 5) is 26.1. The molecule has 6 heteroatoms. The van der Waals surface area contributed by atoms with Gasteiger partial charge in [-0.25, -0.2) is 5.06 Å². The van der Waals surface area contributed by atoms with Crippen LogP contribution in [0.4, 0.5) is 0 Å². The Balaban J connectivity index is 4.33.